The molecule has 4 aliphatic carbocycles. The van der Waals surface area contributed by atoms with Crippen molar-refractivity contribution in [2.45, 2.75) is 106 Å². The minimum absolute atomic E-state index is 0.0548. The van der Waals surface area contributed by atoms with Crippen molar-refractivity contribution in [3.63, 3.8) is 0 Å². The van der Waals surface area contributed by atoms with Crippen LogP contribution in [0.3, 0.4) is 0 Å². The summed E-state index contributed by atoms with van der Waals surface area (Å²) in [6.45, 7) is 8.35. The van der Waals surface area contributed by atoms with Crippen LogP contribution in [0, 0.1) is 22.7 Å². The number of aromatic nitrogens is 1. The molecule has 2 aliphatic heterocycles. The first-order chi connectivity index (χ1) is 19.5. The number of hydrogen-bond donors (Lipinski definition) is 6. The number of aliphatic hydroxyl groups is 6. The Morgan fingerprint density at radius 1 is 1.07 bits per heavy atom. The molecule has 228 valence electrons. The summed E-state index contributed by atoms with van der Waals surface area (Å²) in [6.07, 6.45) is -1.52. The molecule has 2 aromatic rings. The average molecular weight is 584 g/mol. The third-order valence-electron chi connectivity index (χ3n) is 12.7. The van der Waals surface area contributed by atoms with Crippen molar-refractivity contribution in [3.8, 4) is 0 Å². The minimum Gasteiger partial charge on any atom is -0.451 e. The molecule has 42 heavy (non-hydrogen) atoms. The fraction of sp³-hybridized carbons (Fsp3) is 0.656. The van der Waals surface area contributed by atoms with Gasteiger partial charge in [-0.25, -0.2) is 4.79 Å². The number of ether oxygens (including phenoxy) is 2. The molecular formula is C32H41NO9. The van der Waals surface area contributed by atoms with Crippen LogP contribution in [0.1, 0.15) is 69.9 Å². The van der Waals surface area contributed by atoms with Gasteiger partial charge >= 0.3 is 5.97 Å². The molecule has 1 spiro atoms. The molecule has 6 fully saturated rings. The summed E-state index contributed by atoms with van der Waals surface area (Å²) in [6, 6.07) is 12.8. The van der Waals surface area contributed by atoms with E-state index in [0.29, 0.717) is 13.0 Å². The van der Waals surface area contributed by atoms with E-state index >= 15 is 0 Å². The van der Waals surface area contributed by atoms with Crippen LogP contribution in [-0.2, 0) is 16.0 Å². The lowest BCUT2D eigenvalue weighted by molar-refractivity contribution is -0.390. The van der Waals surface area contributed by atoms with Crippen molar-refractivity contribution in [3.05, 3.63) is 59.9 Å². The zero-order chi connectivity index (χ0) is 30.5. The van der Waals surface area contributed by atoms with Gasteiger partial charge in [0.1, 0.15) is 28.1 Å². The maximum Gasteiger partial charge on any atom is 0.355 e. The van der Waals surface area contributed by atoms with Crippen LogP contribution in [0.15, 0.2) is 48.7 Å². The van der Waals surface area contributed by atoms with Crippen molar-refractivity contribution >= 4 is 5.97 Å². The Morgan fingerprint density at radius 2 is 1.74 bits per heavy atom. The van der Waals surface area contributed by atoms with E-state index in [1.807, 2.05) is 30.3 Å². The van der Waals surface area contributed by atoms with Gasteiger partial charge < -0.3 is 44.7 Å². The lowest BCUT2D eigenvalue weighted by Crippen LogP contribution is -2.75. The van der Waals surface area contributed by atoms with Crippen LogP contribution in [-0.4, -0.2) is 87.2 Å². The van der Waals surface area contributed by atoms with Gasteiger partial charge in [0.2, 0.25) is 0 Å². The topological polar surface area (TPSA) is 162 Å². The zero-order valence-corrected chi connectivity index (χ0v) is 24.6. The zero-order valence-electron chi connectivity index (χ0n) is 24.6. The van der Waals surface area contributed by atoms with Gasteiger partial charge in [-0.2, -0.15) is 0 Å². The monoisotopic (exact) mass is 583 g/mol. The standard InChI is InChI=1S/C32H41NO9/c1-18(2)29(38)24(41-23(35)21-12-9-15-33(21)16-20-10-7-6-8-11-20)30(39)25(4)17-28(37)26(29,5)32(30,40)31(42-28)22(34)19(3)13-14-27(25,31)36/h6-12,15,18-19,22,24,34,36-40H,13-14,16-17H2,1-5H3. The van der Waals surface area contributed by atoms with E-state index in [4.69, 9.17) is 9.47 Å². The molecule has 6 aliphatic rings. The minimum atomic E-state index is -2.62. The summed E-state index contributed by atoms with van der Waals surface area (Å²) in [5.41, 5.74) is -14.4. The summed E-state index contributed by atoms with van der Waals surface area (Å²) in [5.74, 6) is -4.38. The van der Waals surface area contributed by atoms with E-state index < -0.39 is 74.6 Å². The van der Waals surface area contributed by atoms with E-state index in [0.717, 1.165) is 5.56 Å². The Bertz CT molecular complexity index is 1480. The molecule has 3 heterocycles. The Labute approximate surface area is 244 Å². The molecule has 10 nitrogen and oxygen atoms in total. The van der Waals surface area contributed by atoms with Gasteiger partial charge in [0.25, 0.3) is 0 Å². The van der Waals surface area contributed by atoms with Gasteiger partial charge in [-0.05, 0) is 49.3 Å². The van der Waals surface area contributed by atoms with E-state index in [2.05, 4.69) is 0 Å². The van der Waals surface area contributed by atoms with Crippen LogP contribution < -0.4 is 0 Å². The fourth-order valence-electron chi connectivity index (χ4n) is 10.6. The molecule has 11 atom stereocenters. The molecule has 11 unspecified atom stereocenters. The van der Waals surface area contributed by atoms with Gasteiger partial charge in [0.15, 0.2) is 17.5 Å². The van der Waals surface area contributed by atoms with Crippen molar-refractivity contribution < 1.29 is 44.9 Å². The van der Waals surface area contributed by atoms with Crippen LogP contribution in [0.25, 0.3) is 0 Å². The molecule has 1 aromatic heterocycles. The fourth-order valence-corrected chi connectivity index (χ4v) is 10.6. The second kappa shape index (κ2) is 7.85. The van der Waals surface area contributed by atoms with Gasteiger partial charge in [0.05, 0.1) is 11.5 Å². The smallest absolute Gasteiger partial charge is 0.355 e. The second-order valence-corrected chi connectivity index (χ2v) is 14.3. The molecule has 6 N–H and O–H groups in total. The number of carbonyl (C=O) groups is 1. The first-order valence-electron chi connectivity index (χ1n) is 14.9. The molecule has 8 rings (SSSR count). The quantitative estimate of drug-likeness (QED) is 0.285. The summed E-state index contributed by atoms with van der Waals surface area (Å²) in [5, 5.41) is 75.4. The van der Waals surface area contributed by atoms with Crippen LogP contribution >= 0.6 is 0 Å². The van der Waals surface area contributed by atoms with Crippen molar-refractivity contribution in [2.75, 3.05) is 0 Å². The number of rotatable bonds is 5. The molecule has 4 saturated carbocycles. The summed E-state index contributed by atoms with van der Waals surface area (Å²) >= 11 is 0. The predicted octanol–water partition coefficient (Wildman–Crippen LogP) is 1.33. The van der Waals surface area contributed by atoms with Crippen molar-refractivity contribution in [1.82, 2.24) is 4.57 Å². The molecule has 0 radical (unpaired) electrons. The van der Waals surface area contributed by atoms with E-state index in [9.17, 15) is 35.4 Å². The Hall–Kier alpha value is -2.31. The molecule has 10 heteroatoms. The van der Waals surface area contributed by atoms with Gasteiger partial charge in [-0.1, -0.05) is 58.0 Å². The Balaban J connectivity index is 1.42. The molecule has 1 aromatic carbocycles. The maximum atomic E-state index is 14.0. The third-order valence-corrected chi connectivity index (χ3v) is 12.7. The Kier molecular flexibility index (Phi) is 5.32. The highest BCUT2D eigenvalue weighted by Gasteiger charge is 3.10. The van der Waals surface area contributed by atoms with Crippen LogP contribution in [0.2, 0.25) is 0 Å². The third kappa shape index (κ3) is 2.39. The normalized spacial score (nSPS) is 51.8. The van der Waals surface area contributed by atoms with Crippen LogP contribution in [0.5, 0.6) is 0 Å². The number of carbonyl (C=O) groups excluding carboxylic acids is 1. The van der Waals surface area contributed by atoms with Crippen LogP contribution in [0.4, 0.5) is 0 Å². The molecule has 0 amide bonds. The number of aliphatic hydroxyl groups excluding tert-OH is 1. The van der Waals surface area contributed by atoms with E-state index in [1.54, 1.807) is 43.7 Å². The van der Waals surface area contributed by atoms with Gasteiger partial charge in [-0.3, -0.25) is 0 Å². The number of benzene rings is 1. The SMILES string of the molecule is CC1CCC2(O)C3(C)CC4(O)OC2(C1O)C1(O)C3(O)C(OC(=O)c2cccn2Cc2ccccc2)C(O)(C(C)C)C41C. The first kappa shape index (κ1) is 28.5. The van der Waals surface area contributed by atoms with E-state index in [1.165, 1.54) is 13.8 Å². The second-order valence-electron chi connectivity index (χ2n) is 14.3. The lowest BCUT2D eigenvalue weighted by atomic mass is 9.52. The Morgan fingerprint density at radius 3 is 2.38 bits per heavy atom. The van der Waals surface area contributed by atoms with E-state index in [-0.39, 0.29) is 18.5 Å². The average Bonchev–Trinajstić information content (AvgIpc) is 3.50. The van der Waals surface area contributed by atoms with Crippen molar-refractivity contribution in [1.29, 1.82) is 0 Å². The summed E-state index contributed by atoms with van der Waals surface area (Å²) in [7, 11) is 0. The molecular weight excluding hydrogens is 542 g/mol. The highest BCUT2D eigenvalue weighted by Crippen LogP contribution is 2.90. The van der Waals surface area contributed by atoms with Crippen molar-refractivity contribution in [2.24, 2.45) is 22.7 Å². The number of esters is 1. The first-order valence-corrected chi connectivity index (χ1v) is 14.9. The summed E-state index contributed by atoms with van der Waals surface area (Å²) in [4.78, 5) is 14.0. The van der Waals surface area contributed by atoms with Gasteiger partial charge in [-0.15, -0.1) is 0 Å². The highest BCUT2D eigenvalue weighted by molar-refractivity contribution is 5.88. The summed E-state index contributed by atoms with van der Waals surface area (Å²) < 4.78 is 14.1. The highest BCUT2D eigenvalue weighted by atomic mass is 16.7. The maximum absolute atomic E-state index is 14.0. The lowest BCUT2D eigenvalue weighted by Gasteiger charge is -2.60. The number of nitrogens with zero attached hydrogens (tertiary/aromatic N) is 1. The predicted molar refractivity (Wildman–Crippen MR) is 148 cm³/mol. The van der Waals surface area contributed by atoms with Gasteiger partial charge in [0, 0.05) is 24.6 Å². The molecule has 2 saturated heterocycles. The molecule has 6 bridgehead atoms. The largest absolute Gasteiger partial charge is 0.451 e. The number of hydrogen-bond acceptors (Lipinski definition) is 9.